The zero-order chi connectivity index (χ0) is 17.1. The van der Waals surface area contributed by atoms with E-state index >= 15 is 0 Å². The van der Waals surface area contributed by atoms with Crippen molar-refractivity contribution in [2.45, 2.75) is 63.7 Å². The number of aromatic nitrogens is 2. The lowest BCUT2D eigenvalue weighted by Gasteiger charge is -2.32. The SMILES string of the molecule is O=C(CCC1CCCCC1)N1CCCC(c2nc3ccccc3[nH]2)C1. The molecule has 2 aromatic rings. The van der Waals surface area contributed by atoms with Crippen molar-refractivity contribution in [1.82, 2.24) is 14.9 Å². The molecule has 1 unspecified atom stereocenters. The van der Waals surface area contributed by atoms with Gasteiger partial charge >= 0.3 is 0 Å². The number of aromatic amines is 1. The third-order valence-corrected chi connectivity index (χ3v) is 6.06. The van der Waals surface area contributed by atoms with E-state index < -0.39 is 0 Å². The maximum atomic E-state index is 12.7. The molecule has 1 saturated heterocycles. The van der Waals surface area contributed by atoms with Crippen LogP contribution in [0, 0.1) is 5.92 Å². The Morgan fingerprint density at radius 2 is 1.96 bits per heavy atom. The second-order valence-electron chi connectivity index (χ2n) is 7.86. The Morgan fingerprint density at radius 1 is 1.12 bits per heavy atom. The third kappa shape index (κ3) is 3.88. The molecule has 4 rings (SSSR count). The number of hydrogen-bond donors (Lipinski definition) is 1. The summed E-state index contributed by atoms with van der Waals surface area (Å²) in [6.45, 7) is 1.74. The van der Waals surface area contributed by atoms with Crippen LogP contribution in [0.4, 0.5) is 0 Å². The average molecular weight is 339 g/mol. The highest BCUT2D eigenvalue weighted by Gasteiger charge is 2.27. The molecule has 1 saturated carbocycles. The molecule has 1 amide bonds. The number of fused-ring (bicyclic) bond motifs is 1. The van der Waals surface area contributed by atoms with E-state index in [0.717, 1.165) is 61.5 Å². The Hall–Kier alpha value is -1.84. The fourth-order valence-electron chi connectivity index (χ4n) is 4.55. The van der Waals surface area contributed by atoms with E-state index in [0.29, 0.717) is 11.8 Å². The maximum absolute atomic E-state index is 12.7. The lowest BCUT2D eigenvalue weighted by molar-refractivity contribution is -0.132. The van der Waals surface area contributed by atoms with E-state index in [1.165, 1.54) is 32.1 Å². The van der Waals surface area contributed by atoms with E-state index in [9.17, 15) is 4.79 Å². The predicted molar refractivity (Wildman–Crippen MR) is 100 cm³/mol. The van der Waals surface area contributed by atoms with Gasteiger partial charge in [0.15, 0.2) is 0 Å². The largest absolute Gasteiger partial charge is 0.342 e. The molecule has 25 heavy (non-hydrogen) atoms. The molecule has 4 nitrogen and oxygen atoms in total. The van der Waals surface area contributed by atoms with Crippen molar-refractivity contribution in [2.75, 3.05) is 13.1 Å². The highest BCUT2D eigenvalue weighted by Crippen LogP contribution is 2.29. The Morgan fingerprint density at radius 3 is 2.80 bits per heavy atom. The molecule has 1 N–H and O–H groups in total. The van der Waals surface area contributed by atoms with Crippen LogP contribution in [-0.2, 0) is 4.79 Å². The van der Waals surface area contributed by atoms with Crippen LogP contribution >= 0.6 is 0 Å². The summed E-state index contributed by atoms with van der Waals surface area (Å²) in [6.07, 6.45) is 10.8. The van der Waals surface area contributed by atoms with Gasteiger partial charge < -0.3 is 9.88 Å². The number of hydrogen-bond acceptors (Lipinski definition) is 2. The number of rotatable bonds is 4. The average Bonchev–Trinajstić information content (AvgIpc) is 3.11. The number of piperidine rings is 1. The van der Waals surface area contributed by atoms with Gasteiger partial charge in [0.2, 0.25) is 5.91 Å². The zero-order valence-electron chi connectivity index (χ0n) is 15.0. The van der Waals surface area contributed by atoms with Gasteiger partial charge in [0.1, 0.15) is 5.82 Å². The van der Waals surface area contributed by atoms with Crippen molar-refractivity contribution < 1.29 is 4.79 Å². The second kappa shape index (κ2) is 7.59. The molecule has 134 valence electrons. The van der Waals surface area contributed by atoms with Crippen molar-refractivity contribution >= 4 is 16.9 Å². The number of imidazole rings is 1. The summed E-state index contributed by atoms with van der Waals surface area (Å²) in [5.74, 6) is 2.53. The number of likely N-dealkylation sites (tertiary alicyclic amines) is 1. The molecule has 4 heteroatoms. The van der Waals surface area contributed by atoms with Gasteiger partial charge in [-0.25, -0.2) is 4.98 Å². The number of carbonyl (C=O) groups is 1. The standard InChI is InChI=1S/C21H29N3O/c25-20(13-12-16-7-2-1-3-8-16)24-14-6-9-17(15-24)21-22-18-10-4-5-11-19(18)23-21/h4-5,10-11,16-17H,1-3,6-9,12-15H2,(H,22,23). The smallest absolute Gasteiger partial charge is 0.222 e. The minimum absolute atomic E-state index is 0.347. The van der Waals surface area contributed by atoms with Gasteiger partial charge in [-0.2, -0.15) is 0 Å². The van der Waals surface area contributed by atoms with Crippen molar-refractivity contribution in [1.29, 1.82) is 0 Å². The Bertz CT molecular complexity index is 684. The normalized spacial score (nSPS) is 22.4. The number of nitrogens with zero attached hydrogens (tertiary/aromatic N) is 2. The van der Waals surface area contributed by atoms with Crippen molar-refractivity contribution in [2.24, 2.45) is 5.92 Å². The number of nitrogens with one attached hydrogen (secondary N) is 1. The van der Waals surface area contributed by atoms with E-state index in [2.05, 4.69) is 16.0 Å². The fraction of sp³-hybridized carbons (Fsp3) is 0.619. The number of benzene rings is 1. The van der Waals surface area contributed by atoms with Crippen molar-refractivity contribution in [3.05, 3.63) is 30.1 Å². The third-order valence-electron chi connectivity index (χ3n) is 6.06. The zero-order valence-corrected chi connectivity index (χ0v) is 15.0. The molecule has 0 radical (unpaired) electrons. The first kappa shape index (κ1) is 16.6. The van der Waals surface area contributed by atoms with Crippen LogP contribution in [0.25, 0.3) is 11.0 Å². The molecule has 1 aromatic carbocycles. The monoisotopic (exact) mass is 339 g/mol. The topological polar surface area (TPSA) is 49.0 Å². The summed E-state index contributed by atoms with van der Waals surface area (Å²) in [7, 11) is 0. The van der Waals surface area contributed by atoms with Crippen LogP contribution in [0.1, 0.15) is 69.5 Å². The van der Waals surface area contributed by atoms with Crippen LogP contribution in [-0.4, -0.2) is 33.9 Å². The Labute approximate surface area is 150 Å². The van der Waals surface area contributed by atoms with Gasteiger partial charge in [-0.3, -0.25) is 4.79 Å². The first-order valence-electron chi connectivity index (χ1n) is 10.0. The lowest BCUT2D eigenvalue weighted by Crippen LogP contribution is -2.39. The number of para-hydroxylation sites is 2. The molecule has 2 fully saturated rings. The molecule has 2 aliphatic rings. The van der Waals surface area contributed by atoms with Crippen LogP contribution in [0.3, 0.4) is 0 Å². The molecule has 1 aromatic heterocycles. The van der Waals surface area contributed by atoms with Crippen molar-refractivity contribution in [3.8, 4) is 0 Å². The summed E-state index contributed by atoms with van der Waals surface area (Å²) in [6, 6.07) is 8.17. The second-order valence-corrected chi connectivity index (χ2v) is 7.86. The Balaban J connectivity index is 1.35. The fourth-order valence-corrected chi connectivity index (χ4v) is 4.55. The number of amides is 1. The van der Waals surface area contributed by atoms with Crippen LogP contribution in [0.15, 0.2) is 24.3 Å². The van der Waals surface area contributed by atoms with Crippen LogP contribution in [0.2, 0.25) is 0 Å². The van der Waals surface area contributed by atoms with E-state index in [-0.39, 0.29) is 0 Å². The molecular weight excluding hydrogens is 310 g/mol. The molecular formula is C21H29N3O. The maximum Gasteiger partial charge on any atom is 0.222 e. The lowest BCUT2D eigenvalue weighted by atomic mass is 9.86. The molecule has 0 bridgehead atoms. The van der Waals surface area contributed by atoms with Crippen LogP contribution in [0.5, 0.6) is 0 Å². The van der Waals surface area contributed by atoms with Gasteiger partial charge in [0.25, 0.3) is 0 Å². The molecule has 0 spiro atoms. The minimum atomic E-state index is 0.347. The predicted octanol–water partition coefficient (Wildman–Crippen LogP) is 4.63. The summed E-state index contributed by atoms with van der Waals surface area (Å²) < 4.78 is 0. The summed E-state index contributed by atoms with van der Waals surface area (Å²) in [5, 5.41) is 0. The first-order valence-corrected chi connectivity index (χ1v) is 10.0. The highest BCUT2D eigenvalue weighted by atomic mass is 16.2. The number of carbonyl (C=O) groups excluding carboxylic acids is 1. The quantitative estimate of drug-likeness (QED) is 0.883. The van der Waals surface area contributed by atoms with E-state index in [4.69, 9.17) is 4.98 Å². The molecule has 1 atom stereocenters. The Kier molecular flexibility index (Phi) is 5.04. The number of H-pyrrole nitrogens is 1. The summed E-state index contributed by atoms with van der Waals surface area (Å²) in [4.78, 5) is 23.0. The minimum Gasteiger partial charge on any atom is -0.342 e. The molecule has 2 heterocycles. The van der Waals surface area contributed by atoms with Gasteiger partial charge in [0, 0.05) is 25.4 Å². The summed E-state index contributed by atoms with van der Waals surface area (Å²) in [5.41, 5.74) is 2.12. The van der Waals surface area contributed by atoms with E-state index in [1.54, 1.807) is 0 Å². The summed E-state index contributed by atoms with van der Waals surface area (Å²) >= 11 is 0. The van der Waals surface area contributed by atoms with Gasteiger partial charge in [-0.1, -0.05) is 44.2 Å². The van der Waals surface area contributed by atoms with Gasteiger partial charge in [-0.05, 0) is 37.3 Å². The van der Waals surface area contributed by atoms with Crippen molar-refractivity contribution in [3.63, 3.8) is 0 Å². The van der Waals surface area contributed by atoms with Crippen LogP contribution < -0.4 is 0 Å². The molecule has 1 aliphatic carbocycles. The van der Waals surface area contributed by atoms with Gasteiger partial charge in [0.05, 0.1) is 11.0 Å². The molecule has 1 aliphatic heterocycles. The van der Waals surface area contributed by atoms with E-state index in [1.807, 2.05) is 18.2 Å². The highest BCUT2D eigenvalue weighted by molar-refractivity contribution is 5.77. The van der Waals surface area contributed by atoms with Gasteiger partial charge in [-0.15, -0.1) is 0 Å². The first-order chi connectivity index (χ1) is 12.3.